The minimum Gasteiger partial charge on any atom is -0.497 e. The molecule has 0 fully saturated rings. The Hall–Kier alpha value is -2.32. The highest BCUT2D eigenvalue weighted by Gasteiger charge is 2.17. The van der Waals surface area contributed by atoms with E-state index in [0.29, 0.717) is 22.2 Å². The van der Waals surface area contributed by atoms with Gasteiger partial charge in [0.1, 0.15) is 11.5 Å². The molecule has 0 aliphatic carbocycles. The first-order valence-corrected chi connectivity index (χ1v) is 9.32. The Morgan fingerprint density at radius 3 is 2.76 bits per heavy atom. The third-order valence-corrected chi connectivity index (χ3v) is 5.50. The Bertz CT molecular complexity index is 875. The number of rotatable bonds is 7. The Morgan fingerprint density at radius 1 is 1.24 bits per heavy atom. The van der Waals surface area contributed by atoms with Crippen LogP contribution in [0.25, 0.3) is 10.7 Å². The molecule has 0 saturated heterocycles. The lowest BCUT2D eigenvalue weighted by Gasteiger charge is -2.09. The van der Waals surface area contributed by atoms with Gasteiger partial charge in [-0.3, -0.25) is 4.79 Å². The summed E-state index contributed by atoms with van der Waals surface area (Å²) in [4.78, 5) is 13.6. The zero-order valence-corrected chi connectivity index (χ0v) is 15.7. The summed E-state index contributed by atoms with van der Waals surface area (Å²) in [7, 11) is 5.01. The third-order valence-electron chi connectivity index (χ3n) is 3.62. The first kappa shape index (κ1) is 17.5. The molecule has 0 spiro atoms. The van der Waals surface area contributed by atoms with E-state index in [4.69, 9.17) is 9.47 Å². The van der Waals surface area contributed by atoms with Crippen LogP contribution in [0.1, 0.15) is 10.4 Å². The van der Waals surface area contributed by atoms with Crippen LogP contribution in [-0.2, 0) is 7.05 Å². The summed E-state index contributed by atoms with van der Waals surface area (Å²) in [5, 5.41) is 11.1. The van der Waals surface area contributed by atoms with Crippen molar-refractivity contribution >= 4 is 28.9 Å². The number of methoxy groups -OCH3 is 2. The van der Waals surface area contributed by atoms with Crippen molar-refractivity contribution in [3.05, 3.63) is 41.3 Å². The number of thioether (sulfide) groups is 1. The zero-order chi connectivity index (χ0) is 17.8. The van der Waals surface area contributed by atoms with E-state index in [0.717, 1.165) is 10.7 Å². The van der Waals surface area contributed by atoms with E-state index in [-0.39, 0.29) is 11.5 Å². The van der Waals surface area contributed by atoms with Crippen molar-refractivity contribution in [2.75, 3.05) is 20.0 Å². The first-order chi connectivity index (χ1) is 12.1. The van der Waals surface area contributed by atoms with Crippen molar-refractivity contribution < 1.29 is 14.3 Å². The number of carbonyl (C=O) groups is 1. The number of benzene rings is 1. The molecule has 0 aliphatic rings. The van der Waals surface area contributed by atoms with Crippen LogP contribution in [-0.4, -0.2) is 40.5 Å². The summed E-state index contributed by atoms with van der Waals surface area (Å²) in [5.74, 6) is 2.16. The van der Waals surface area contributed by atoms with Gasteiger partial charge in [0.15, 0.2) is 16.8 Å². The number of hydrogen-bond donors (Lipinski definition) is 0. The van der Waals surface area contributed by atoms with E-state index < -0.39 is 0 Å². The van der Waals surface area contributed by atoms with Gasteiger partial charge in [0, 0.05) is 13.1 Å². The smallest absolute Gasteiger partial charge is 0.191 e. The van der Waals surface area contributed by atoms with Gasteiger partial charge in [0.25, 0.3) is 0 Å². The number of hydrogen-bond acceptors (Lipinski definition) is 7. The first-order valence-electron chi connectivity index (χ1n) is 7.45. The molecule has 2 heterocycles. The number of ether oxygens (including phenoxy) is 2. The summed E-state index contributed by atoms with van der Waals surface area (Å²) >= 11 is 2.96. The summed E-state index contributed by atoms with van der Waals surface area (Å²) in [6.45, 7) is 0. The van der Waals surface area contributed by atoms with Crippen molar-refractivity contribution in [2.24, 2.45) is 7.05 Å². The van der Waals surface area contributed by atoms with E-state index in [9.17, 15) is 4.79 Å². The zero-order valence-electron chi connectivity index (χ0n) is 14.1. The van der Waals surface area contributed by atoms with Gasteiger partial charge in [0.05, 0.1) is 30.4 Å². The lowest BCUT2D eigenvalue weighted by molar-refractivity contribution is 0.101. The number of Topliss-reactive ketones (excluding diaryl/α,β-unsaturated/α-hetero) is 1. The minimum absolute atomic E-state index is 0.0369. The van der Waals surface area contributed by atoms with Gasteiger partial charge in [0.2, 0.25) is 0 Å². The molecule has 8 heteroatoms. The molecule has 25 heavy (non-hydrogen) atoms. The van der Waals surface area contributed by atoms with Gasteiger partial charge in [-0.15, -0.1) is 21.5 Å². The molecule has 0 aliphatic heterocycles. The fraction of sp³-hybridized carbons (Fsp3) is 0.235. The van der Waals surface area contributed by atoms with Crippen LogP contribution in [0.15, 0.2) is 40.9 Å². The lowest BCUT2D eigenvalue weighted by atomic mass is 10.1. The molecule has 1 aromatic carbocycles. The number of carbonyl (C=O) groups excluding carboxylic acids is 1. The highest BCUT2D eigenvalue weighted by Crippen LogP contribution is 2.29. The molecule has 0 bridgehead atoms. The van der Waals surface area contributed by atoms with Crippen LogP contribution in [0.2, 0.25) is 0 Å². The maximum atomic E-state index is 12.5. The molecule has 2 aromatic heterocycles. The van der Waals surface area contributed by atoms with Crippen molar-refractivity contribution in [3.8, 4) is 22.2 Å². The molecule has 0 saturated carbocycles. The standard InChI is InChI=1S/C17H17N3O3S2/c1-20-16(15-5-4-8-24-15)18-19-17(20)25-10-13(21)12-7-6-11(22-2)9-14(12)23-3/h4-9H,10H2,1-3H3. The molecule has 3 rings (SSSR count). The minimum atomic E-state index is -0.0369. The summed E-state index contributed by atoms with van der Waals surface area (Å²) in [6, 6.07) is 9.14. The number of nitrogens with zero attached hydrogens (tertiary/aromatic N) is 3. The summed E-state index contributed by atoms with van der Waals surface area (Å²) in [6.07, 6.45) is 0. The van der Waals surface area contributed by atoms with E-state index >= 15 is 0 Å². The molecule has 0 radical (unpaired) electrons. The fourth-order valence-electron chi connectivity index (χ4n) is 2.30. The van der Waals surface area contributed by atoms with Crippen molar-refractivity contribution in [1.29, 1.82) is 0 Å². The summed E-state index contributed by atoms with van der Waals surface area (Å²) < 4.78 is 12.4. The number of ketones is 1. The topological polar surface area (TPSA) is 66.2 Å². The molecule has 6 nitrogen and oxygen atoms in total. The van der Waals surface area contributed by atoms with Gasteiger partial charge >= 0.3 is 0 Å². The van der Waals surface area contributed by atoms with Crippen LogP contribution in [0.4, 0.5) is 0 Å². The van der Waals surface area contributed by atoms with Crippen molar-refractivity contribution in [1.82, 2.24) is 14.8 Å². The Morgan fingerprint density at radius 2 is 2.08 bits per heavy atom. The SMILES string of the molecule is COc1ccc(C(=O)CSc2nnc(-c3cccs3)n2C)c(OC)c1. The van der Waals surface area contributed by atoms with Crippen molar-refractivity contribution in [2.45, 2.75) is 5.16 Å². The Labute approximate surface area is 153 Å². The molecule has 3 aromatic rings. The monoisotopic (exact) mass is 375 g/mol. The average molecular weight is 375 g/mol. The van der Waals surface area contributed by atoms with E-state index in [1.807, 2.05) is 29.1 Å². The fourth-order valence-corrected chi connectivity index (χ4v) is 3.84. The normalized spacial score (nSPS) is 10.7. The van der Waals surface area contributed by atoms with Gasteiger partial charge in [-0.05, 0) is 23.6 Å². The van der Waals surface area contributed by atoms with Gasteiger partial charge in [-0.25, -0.2) is 0 Å². The highest BCUT2D eigenvalue weighted by molar-refractivity contribution is 7.99. The summed E-state index contributed by atoms with van der Waals surface area (Å²) in [5.41, 5.74) is 0.524. The van der Waals surface area contributed by atoms with Crippen LogP contribution in [0.3, 0.4) is 0 Å². The van der Waals surface area contributed by atoms with Crippen LogP contribution < -0.4 is 9.47 Å². The van der Waals surface area contributed by atoms with Gasteiger partial charge < -0.3 is 14.0 Å². The second-order valence-corrected chi connectivity index (χ2v) is 7.01. The molecule has 0 N–H and O–H groups in total. The number of thiophene rings is 1. The molecular weight excluding hydrogens is 358 g/mol. The molecule has 130 valence electrons. The maximum absolute atomic E-state index is 12.5. The molecule has 0 amide bonds. The maximum Gasteiger partial charge on any atom is 0.191 e. The second-order valence-electron chi connectivity index (χ2n) is 5.12. The Kier molecular flexibility index (Phi) is 5.40. The van der Waals surface area contributed by atoms with Gasteiger partial charge in [-0.2, -0.15) is 0 Å². The molecular formula is C17H17N3O3S2. The molecule has 0 atom stereocenters. The van der Waals surface area contributed by atoms with Crippen LogP contribution >= 0.6 is 23.1 Å². The lowest BCUT2D eigenvalue weighted by Crippen LogP contribution is -2.06. The largest absolute Gasteiger partial charge is 0.497 e. The molecule has 0 unspecified atom stereocenters. The third kappa shape index (κ3) is 3.69. The number of aromatic nitrogens is 3. The average Bonchev–Trinajstić information content (AvgIpc) is 3.28. The predicted octanol–water partition coefficient (Wildman–Crippen LogP) is 3.54. The Balaban J connectivity index is 1.73. The quantitative estimate of drug-likeness (QED) is 0.465. The van der Waals surface area contributed by atoms with E-state index in [1.165, 1.54) is 18.9 Å². The van der Waals surface area contributed by atoms with E-state index in [1.54, 1.807) is 36.6 Å². The highest BCUT2D eigenvalue weighted by atomic mass is 32.2. The van der Waals surface area contributed by atoms with Crippen LogP contribution in [0.5, 0.6) is 11.5 Å². The van der Waals surface area contributed by atoms with Crippen molar-refractivity contribution in [3.63, 3.8) is 0 Å². The van der Waals surface area contributed by atoms with Crippen LogP contribution in [0, 0.1) is 0 Å². The van der Waals surface area contributed by atoms with E-state index in [2.05, 4.69) is 10.2 Å². The van der Waals surface area contributed by atoms with Gasteiger partial charge in [-0.1, -0.05) is 17.8 Å². The predicted molar refractivity (Wildman–Crippen MR) is 98.9 cm³/mol. The second kappa shape index (κ2) is 7.71.